The van der Waals surface area contributed by atoms with Crippen LogP contribution < -0.4 is 16.4 Å². The molecule has 0 aliphatic rings. The number of anilines is 3. The van der Waals surface area contributed by atoms with Crippen LogP contribution in [0.5, 0.6) is 0 Å². The molecule has 0 spiro atoms. The summed E-state index contributed by atoms with van der Waals surface area (Å²) in [5, 5.41) is 14.9. The summed E-state index contributed by atoms with van der Waals surface area (Å²) in [6, 6.07) is 6.41. The summed E-state index contributed by atoms with van der Waals surface area (Å²) in [6.45, 7) is 2.96. The molecule has 0 saturated carbocycles. The minimum atomic E-state index is -4.50. The van der Waals surface area contributed by atoms with Crippen molar-refractivity contribution < 1.29 is 18.0 Å². The Labute approximate surface area is 163 Å². The molecule has 0 atom stereocenters. The number of rotatable bonds is 5. The van der Waals surface area contributed by atoms with Gasteiger partial charge in [0.15, 0.2) is 5.82 Å². The zero-order chi connectivity index (χ0) is 21.1. The Kier molecular flexibility index (Phi) is 6.04. The number of nitriles is 1. The van der Waals surface area contributed by atoms with Crippen molar-refractivity contribution in [3.05, 3.63) is 35.4 Å². The summed E-state index contributed by atoms with van der Waals surface area (Å²) in [7, 11) is 0. The Morgan fingerprint density at radius 2 is 1.96 bits per heavy atom. The van der Waals surface area contributed by atoms with E-state index in [-0.39, 0.29) is 23.0 Å². The first-order valence-electron chi connectivity index (χ1n) is 7.86. The van der Waals surface area contributed by atoms with E-state index < -0.39 is 23.2 Å². The van der Waals surface area contributed by atoms with Crippen LogP contribution in [-0.4, -0.2) is 27.7 Å². The first-order valence-corrected chi connectivity index (χ1v) is 9.09. The molecular weight excluding hydrogens is 393 g/mol. The van der Waals surface area contributed by atoms with Gasteiger partial charge in [0.2, 0.25) is 5.95 Å². The molecule has 1 aromatic carbocycles. The van der Waals surface area contributed by atoms with Gasteiger partial charge in [0, 0.05) is 5.69 Å². The van der Waals surface area contributed by atoms with Crippen LogP contribution in [0.2, 0.25) is 0 Å². The van der Waals surface area contributed by atoms with Crippen LogP contribution in [0.3, 0.4) is 0 Å². The van der Waals surface area contributed by atoms with E-state index in [1.54, 1.807) is 6.26 Å². The van der Waals surface area contributed by atoms with Crippen LogP contribution in [0, 0.1) is 11.3 Å². The lowest BCUT2D eigenvalue weighted by Gasteiger charge is -2.26. The summed E-state index contributed by atoms with van der Waals surface area (Å²) < 4.78 is 38.6. The maximum atomic E-state index is 12.9. The number of carbonyl (C=O) groups is 1. The molecule has 0 aliphatic heterocycles. The second-order valence-electron chi connectivity index (χ2n) is 6.21. The van der Waals surface area contributed by atoms with Gasteiger partial charge in [-0.3, -0.25) is 4.79 Å². The lowest BCUT2D eigenvalue weighted by molar-refractivity contribution is -0.137. The van der Waals surface area contributed by atoms with E-state index in [2.05, 4.69) is 20.6 Å². The Morgan fingerprint density at radius 3 is 2.54 bits per heavy atom. The van der Waals surface area contributed by atoms with Gasteiger partial charge in [0.1, 0.15) is 22.2 Å². The quantitative estimate of drug-likeness (QED) is 0.510. The van der Waals surface area contributed by atoms with E-state index in [0.29, 0.717) is 5.03 Å². The number of hydrogen-bond donors (Lipinski definition) is 3. The smallest absolute Gasteiger partial charge is 0.372 e. The normalized spacial score (nSPS) is 11.6. The molecule has 0 aliphatic carbocycles. The molecule has 1 amide bonds. The third-order valence-corrected chi connectivity index (χ3v) is 4.33. The number of nitrogen functional groups attached to an aromatic ring is 1. The van der Waals surface area contributed by atoms with E-state index in [1.807, 2.05) is 6.07 Å². The minimum absolute atomic E-state index is 0.0462. The van der Waals surface area contributed by atoms with Crippen LogP contribution in [0.25, 0.3) is 0 Å². The number of carbonyl (C=O) groups excluding carboxylic acids is 1. The summed E-state index contributed by atoms with van der Waals surface area (Å²) in [5.74, 6) is -0.808. The van der Waals surface area contributed by atoms with Gasteiger partial charge < -0.3 is 16.4 Å². The summed E-state index contributed by atoms with van der Waals surface area (Å²) in [5.41, 5.74) is 3.60. The van der Waals surface area contributed by atoms with Crippen molar-refractivity contribution in [1.82, 2.24) is 9.97 Å². The van der Waals surface area contributed by atoms with Crippen LogP contribution in [0.1, 0.15) is 25.0 Å². The number of amides is 1. The van der Waals surface area contributed by atoms with Crippen molar-refractivity contribution in [2.75, 3.05) is 22.6 Å². The SMILES string of the molecule is CSc1nc(N)nc(NC(=O)C(C)(C)Nc2cccc(C(F)(F)F)c2)c1C#N. The number of nitrogens with one attached hydrogen (secondary N) is 2. The number of nitrogens with two attached hydrogens (primary N) is 1. The largest absolute Gasteiger partial charge is 0.416 e. The van der Waals surface area contributed by atoms with E-state index in [1.165, 1.54) is 26.0 Å². The zero-order valence-electron chi connectivity index (χ0n) is 15.2. The second-order valence-corrected chi connectivity index (χ2v) is 7.00. The molecule has 0 bridgehead atoms. The highest BCUT2D eigenvalue weighted by Crippen LogP contribution is 2.31. The first-order chi connectivity index (χ1) is 13.0. The minimum Gasteiger partial charge on any atom is -0.372 e. The second kappa shape index (κ2) is 7.93. The molecule has 4 N–H and O–H groups in total. The maximum absolute atomic E-state index is 12.9. The molecule has 1 heterocycles. The molecule has 0 fully saturated rings. The van der Waals surface area contributed by atoms with Crippen molar-refractivity contribution in [2.45, 2.75) is 30.6 Å². The van der Waals surface area contributed by atoms with Crippen molar-refractivity contribution in [3.63, 3.8) is 0 Å². The Hall–Kier alpha value is -3.00. The van der Waals surface area contributed by atoms with Gasteiger partial charge in [-0.25, -0.2) is 4.98 Å². The third-order valence-electron chi connectivity index (χ3n) is 3.64. The van der Waals surface area contributed by atoms with Gasteiger partial charge in [0.05, 0.1) is 5.56 Å². The summed E-state index contributed by atoms with van der Waals surface area (Å²) >= 11 is 1.16. The van der Waals surface area contributed by atoms with Gasteiger partial charge in [-0.1, -0.05) is 6.07 Å². The highest BCUT2D eigenvalue weighted by molar-refractivity contribution is 7.98. The standard InChI is InChI=1S/C17H17F3N6OS/c1-16(2,26-10-6-4-5-9(7-10)17(18,19)20)14(27)23-12-11(8-21)13(28-3)25-15(22)24-12/h4-7,26H,1-3H3,(H3,22,23,24,25,27). The highest BCUT2D eigenvalue weighted by Gasteiger charge is 2.32. The number of aromatic nitrogens is 2. The van der Waals surface area contributed by atoms with E-state index in [0.717, 1.165) is 23.9 Å². The predicted molar refractivity (Wildman–Crippen MR) is 101 cm³/mol. The first kappa shape index (κ1) is 21.3. The Morgan fingerprint density at radius 1 is 1.29 bits per heavy atom. The fourth-order valence-corrected chi connectivity index (χ4v) is 2.78. The monoisotopic (exact) mass is 410 g/mol. The lowest BCUT2D eigenvalue weighted by atomic mass is 10.0. The predicted octanol–water partition coefficient (Wildman–Crippen LogP) is 3.50. The molecule has 2 rings (SSSR count). The third kappa shape index (κ3) is 4.83. The van der Waals surface area contributed by atoms with Crippen LogP contribution in [0.4, 0.5) is 30.6 Å². The highest BCUT2D eigenvalue weighted by atomic mass is 32.2. The van der Waals surface area contributed by atoms with Crippen molar-refractivity contribution >= 4 is 35.1 Å². The van der Waals surface area contributed by atoms with Crippen LogP contribution in [-0.2, 0) is 11.0 Å². The average Bonchev–Trinajstić information content (AvgIpc) is 2.60. The van der Waals surface area contributed by atoms with Crippen molar-refractivity contribution in [2.24, 2.45) is 0 Å². The summed E-state index contributed by atoms with van der Waals surface area (Å²) in [4.78, 5) is 20.5. The Bertz CT molecular complexity index is 939. The van der Waals surface area contributed by atoms with Gasteiger partial charge >= 0.3 is 6.18 Å². The molecule has 0 unspecified atom stereocenters. The van der Waals surface area contributed by atoms with Crippen molar-refractivity contribution in [1.29, 1.82) is 5.26 Å². The number of thioether (sulfide) groups is 1. The van der Waals surface area contributed by atoms with Crippen LogP contribution >= 0.6 is 11.8 Å². The molecular formula is C17H17F3N6OS. The van der Waals surface area contributed by atoms with Gasteiger partial charge in [-0.15, -0.1) is 11.8 Å². The molecule has 2 aromatic rings. The van der Waals surface area contributed by atoms with E-state index >= 15 is 0 Å². The Balaban J connectivity index is 2.27. The number of halogens is 3. The molecule has 7 nitrogen and oxygen atoms in total. The topological polar surface area (TPSA) is 117 Å². The number of alkyl halides is 3. The zero-order valence-corrected chi connectivity index (χ0v) is 16.0. The fraction of sp³-hybridized carbons (Fsp3) is 0.294. The summed E-state index contributed by atoms with van der Waals surface area (Å²) in [6.07, 6.45) is -2.81. The molecule has 0 radical (unpaired) electrons. The van der Waals surface area contributed by atoms with Crippen molar-refractivity contribution in [3.8, 4) is 6.07 Å². The molecule has 28 heavy (non-hydrogen) atoms. The van der Waals surface area contributed by atoms with Gasteiger partial charge in [-0.2, -0.15) is 23.4 Å². The molecule has 11 heteroatoms. The van der Waals surface area contributed by atoms with Gasteiger partial charge in [0.25, 0.3) is 5.91 Å². The maximum Gasteiger partial charge on any atom is 0.416 e. The van der Waals surface area contributed by atoms with Crippen LogP contribution in [0.15, 0.2) is 29.3 Å². The molecule has 0 saturated heterocycles. The number of nitrogens with zero attached hydrogens (tertiary/aromatic N) is 3. The lowest BCUT2D eigenvalue weighted by Crippen LogP contribution is -2.44. The number of hydrogen-bond acceptors (Lipinski definition) is 7. The van der Waals surface area contributed by atoms with E-state index in [4.69, 9.17) is 5.73 Å². The average molecular weight is 410 g/mol. The molecule has 148 valence electrons. The number of benzene rings is 1. The van der Waals surface area contributed by atoms with E-state index in [9.17, 15) is 23.2 Å². The van der Waals surface area contributed by atoms with Gasteiger partial charge in [-0.05, 0) is 38.3 Å². The molecule has 1 aromatic heterocycles. The fourth-order valence-electron chi connectivity index (χ4n) is 2.25.